The average molecular weight is 366 g/mol. The Morgan fingerprint density at radius 1 is 0.963 bits per heavy atom. The first-order valence-electron chi connectivity index (χ1n) is 10.3. The highest BCUT2D eigenvalue weighted by Crippen LogP contribution is 2.28. The van der Waals surface area contributed by atoms with E-state index in [0.29, 0.717) is 6.04 Å². The fraction of sp³-hybridized carbons (Fsp3) is 0.522. The van der Waals surface area contributed by atoms with Crippen LogP contribution in [-0.2, 0) is 17.9 Å². The number of piperidine rings is 1. The molecule has 144 valence electrons. The number of fused-ring (bicyclic) bond motifs is 4. The number of pyridine rings is 1. The van der Waals surface area contributed by atoms with Crippen LogP contribution in [0.5, 0.6) is 0 Å². The zero-order valence-electron chi connectivity index (χ0n) is 16.2. The summed E-state index contributed by atoms with van der Waals surface area (Å²) in [6.45, 7) is 7.37. The van der Waals surface area contributed by atoms with Crippen LogP contribution in [0.15, 0.2) is 54.7 Å². The first-order chi connectivity index (χ1) is 13.4. The molecule has 0 unspecified atom stereocenters. The Bertz CT molecular complexity index is 679. The predicted molar refractivity (Wildman–Crippen MR) is 108 cm³/mol. The highest BCUT2D eigenvalue weighted by Gasteiger charge is 2.34. The van der Waals surface area contributed by atoms with E-state index in [-0.39, 0.29) is 0 Å². The van der Waals surface area contributed by atoms with Gasteiger partial charge in [-0.1, -0.05) is 36.4 Å². The van der Waals surface area contributed by atoms with Crippen LogP contribution >= 0.6 is 0 Å². The lowest BCUT2D eigenvalue weighted by Gasteiger charge is -2.36. The summed E-state index contributed by atoms with van der Waals surface area (Å²) in [5, 5.41) is 0. The topological polar surface area (TPSA) is 28.6 Å². The summed E-state index contributed by atoms with van der Waals surface area (Å²) in [6.07, 6.45) is 5.75. The fourth-order valence-electron chi connectivity index (χ4n) is 4.53. The number of ether oxygens (including phenoxy) is 1. The second kappa shape index (κ2) is 9.45. The molecule has 4 heterocycles. The first-order valence-corrected chi connectivity index (χ1v) is 10.3. The van der Waals surface area contributed by atoms with Crippen LogP contribution in [-0.4, -0.2) is 53.6 Å². The SMILES string of the molecule is c1ccc(COCCCN2C[C@H]3CC[C@@H]2CN(Cc2ccccn2)C3)cc1. The van der Waals surface area contributed by atoms with Crippen LogP contribution in [0.4, 0.5) is 0 Å². The fourth-order valence-corrected chi connectivity index (χ4v) is 4.53. The van der Waals surface area contributed by atoms with Crippen molar-refractivity contribution in [1.82, 2.24) is 14.8 Å². The molecule has 27 heavy (non-hydrogen) atoms. The molecule has 0 amide bonds. The zero-order chi connectivity index (χ0) is 18.3. The standard InChI is InChI=1S/C23H31N3O/c1-2-7-20(8-3-1)19-27-14-6-13-26-16-21-10-11-23(26)18-25(15-21)17-22-9-4-5-12-24-22/h1-5,7-9,12,21,23H,6,10-11,13-19H2/t21-,23+/m0/s1. The van der Waals surface area contributed by atoms with Gasteiger partial charge in [-0.2, -0.15) is 0 Å². The van der Waals surface area contributed by atoms with E-state index in [4.69, 9.17) is 4.74 Å². The van der Waals surface area contributed by atoms with Crippen LogP contribution in [0.25, 0.3) is 0 Å². The van der Waals surface area contributed by atoms with Crippen molar-refractivity contribution in [3.05, 3.63) is 66.0 Å². The Morgan fingerprint density at radius 3 is 2.70 bits per heavy atom. The van der Waals surface area contributed by atoms with Crippen molar-refractivity contribution >= 4 is 0 Å². The summed E-state index contributed by atoms with van der Waals surface area (Å²) in [7, 11) is 0. The van der Waals surface area contributed by atoms with Crippen LogP contribution in [0.2, 0.25) is 0 Å². The Balaban J connectivity index is 1.22. The molecule has 3 fully saturated rings. The number of rotatable bonds is 8. The van der Waals surface area contributed by atoms with E-state index < -0.39 is 0 Å². The van der Waals surface area contributed by atoms with Crippen molar-refractivity contribution in [1.29, 1.82) is 0 Å². The highest BCUT2D eigenvalue weighted by atomic mass is 16.5. The predicted octanol–water partition coefficient (Wildman–Crippen LogP) is 3.58. The second-order valence-corrected chi connectivity index (χ2v) is 8.00. The molecule has 2 atom stereocenters. The minimum Gasteiger partial charge on any atom is -0.377 e. The second-order valence-electron chi connectivity index (χ2n) is 8.00. The van der Waals surface area contributed by atoms with Crippen LogP contribution in [0.1, 0.15) is 30.5 Å². The van der Waals surface area contributed by atoms with Crippen molar-refractivity contribution in [2.24, 2.45) is 5.92 Å². The van der Waals surface area contributed by atoms with Gasteiger partial charge in [-0.25, -0.2) is 0 Å². The highest BCUT2D eigenvalue weighted by molar-refractivity contribution is 5.13. The summed E-state index contributed by atoms with van der Waals surface area (Å²) in [4.78, 5) is 9.86. The molecular weight excluding hydrogens is 334 g/mol. The molecule has 4 heteroatoms. The van der Waals surface area contributed by atoms with Crippen molar-refractivity contribution in [3.63, 3.8) is 0 Å². The molecule has 4 nitrogen and oxygen atoms in total. The summed E-state index contributed by atoms with van der Waals surface area (Å²) in [5.41, 5.74) is 2.45. The molecule has 3 aliphatic heterocycles. The van der Waals surface area contributed by atoms with Gasteiger partial charge in [0.1, 0.15) is 0 Å². The Labute approximate surface area is 163 Å². The third kappa shape index (κ3) is 5.38. The maximum absolute atomic E-state index is 5.88. The quantitative estimate of drug-likeness (QED) is 0.669. The lowest BCUT2D eigenvalue weighted by atomic mass is 9.95. The third-order valence-electron chi connectivity index (χ3n) is 5.86. The van der Waals surface area contributed by atoms with Gasteiger partial charge in [0.05, 0.1) is 12.3 Å². The third-order valence-corrected chi connectivity index (χ3v) is 5.86. The van der Waals surface area contributed by atoms with Gasteiger partial charge in [0.25, 0.3) is 0 Å². The van der Waals surface area contributed by atoms with E-state index >= 15 is 0 Å². The maximum atomic E-state index is 5.88. The lowest BCUT2D eigenvalue weighted by molar-refractivity contribution is 0.0855. The Morgan fingerprint density at radius 2 is 1.85 bits per heavy atom. The van der Waals surface area contributed by atoms with Gasteiger partial charge in [-0.3, -0.25) is 14.8 Å². The van der Waals surface area contributed by atoms with Gasteiger partial charge >= 0.3 is 0 Å². The van der Waals surface area contributed by atoms with Gasteiger partial charge in [0.2, 0.25) is 0 Å². The minimum atomic E-state index is 0.696. The van der Waals surface area contributed by atoms with Crippen molar-refractivity contribution < 1.29 is 4.74 Å². The van der Waals surface area contributed by atoms with Gasteiger partial charge in [0.15, 0.2) is 0 Å². The molecule has 2 bridgehead atoms. The van der Waals surface area contributed by atoms with Gasteiger partial charge in [-0.15, -0.1) is 0 Å². The number of hydrogen-bond acceptors (Lipinski definition) is 4. The number of aromatic nitrogens is 1. The monoisotopic (exact) mass is 365 g/mol. The largest absolute Gasteiger partial charge is 0.377 e. The van der Waals surface area contributed by atoms with E-state index in [1.807, 2.05) is 12.3 Å². The van der Waals surface area contributed by atoms with Crippen molar-refractivity contribution in [2.75, 3.05) is 32.8 Å². The number of benzene rings is 1. The smallest absolute Gasteiger partial charge is 0.0716 e. The molecule has 3 aliphatic rings. The van der Waals surface area contributed by atoms with E-state index in [1.54, 1.807) is 0 Å². The molecular formula is C23H31N3O. The van der Waals surface area contributed by atoms with Gasteiger partial charge in [-0.05, 0) is 42.9 Å². The van der Waals surface area contributed by atoms with Crippen LogP contribution in [0.3, 0.4) is 0 Å². The molecule has 0 aliphatic carbocycles. The number of hydrogen-bond donors (Lipinski definition) is 0. The van der Waals surface area contributed by atoms with Crippen LogP contribution < -0.4 is 0 Å². The molecule has 0 saturated carbocycles. The Kier molecular flexibility index (Phi) is 6.51. The van der Waals surface area contributed by atoms with Crippen LogP contribution in [0, 0.1) is 5.92 Å². The molecule has 0 radical (unpaired) electrons. The maximum Gasteiger partial charge on any atom is 0.0716 e. The summed E-state index contributed by atoms with van der Waals surface area (Å²) in [5.74, 6) is 0.803. The first kappa shape index (κ1) is 18.6. The number of nitrogens with zero attached hydrogens (tertiary/aromatic N) is 3. The molecule has 2 aromatic rings. The molecule has 5 rings (SSSR count). The minimum absolute atomic E-state index is 0.696. The summed E-state index contributed by atoms with van der Waals surface area (Å²) in [6, 6.07) is 17.4. The molecule has 0 spiro atoms. The van der Waals surface area contributed by atoms with E-state index in [2.05, 4.69) is 57.2 Å². The van der Waals surface area contributed by atoms with Gasteiger partial charge < -0.3 is 4.74 Å². The molecule has 1 aromatic carbocycles. The van der Waals surface area contributed by atoms with E-state index in [9.17, 15) is 0 Å². The average Bonchev–Trinajstić information content (AvgIpc) is 3.00. The normalized spacial score (nSPS) is 23.4. The van der Waals surface area contributed by atoms with Crippen molar-refractivity contribution in [2.45, 2.75) is 38.5 Å². The summed E-state index contributed by atoms with van der Waals surface area (Å²) >= 11 is 0. The Hall–Kier alpha value is -1.75. The van der Waals surface area contributed by atoms with E-state index in [0.717, 1.165) is 38.6 Å². The molecule has 1 aromatic heterocycles. The van der Waals surface area contributed by atoms with Gasteiger partial charge in [0, 0.05) is 51.6 Å². The molecule has 3 saturated heterocycles. The molecule has 0 N–H and O–H groups in total. The zero-order valence-corrected chi connectivity index (χ0v) is 16.2. The van der Waals surface area contributed by atoms with Crippen molar-refractivity contribution in [3.8, 4) is 0 Å². The lowest BCUT2D eigenvalue weighted by Crippen LogP contribution is -2.44. The van der Waals surface area contributed by atoms with E-state index in [1.165, 1.54) is 43.7 Å². The summed E-state index contributed by atoms with van der Waals surface area (Å²) < 4.78 is 5.88.